The van der Waals surface area contributed by atoms with E-state index in [4.69, 9.17) is 0 Å². The molecule has 5 nitrogen and oxygen atoms in total. The van der Waals surface area contributed by atoms with Crippen LogP contribution in [0.3, 0.4) is 0 Å². The minimum Gasteiger partial charge on any atom is -0.392 e. The number of thiophene rings is 1. The Morgan fingerprint density at radius 3 is 3.10 bits per heavy atom. The Kier molecular flexibility index (Phi) is 2.70. The van der Waals surface area contributed by atoms with Crippen LogP contribution in [0.1, 0.15) is 29.9 Å². The molecule has 1 saturated carbocycles. The van der Waals surface area contributed by atoms with Crippen LogP contribution in [0, 0.1) is 5.41 Å². The Bertz CT molecular complexity index is 845. The second-order valence-corrected chi connectivity index (χ2v) is 7.97. The van der Waals surface area contributed by atoms with Crippen molar-refractivity contribution in [1.82, 2.24) is 14.7 Å². The lowest BCUT2D eigenvalue weighted by Gasteiger charge is -2.49. The average Bonchev–Trinajstić information content (AvgIpc) is 3.09. The van der Waals surface area contributed by atoms with E-state index in [1.54, 1.807) is 11.3 Å². The van der Waals surface area contributed by atoms with E-state index < -0.39 is 0 Å². The topological polar surface area (TPSA) is 66.6 Å². The summed E-state index contributed by atoms with van der Waals surface area (Å²) in [5.74, 6) is -0.0769. The Morgan fingerprint density at radius 2 is 2.38 bits per heavy atom. The van der Waals surface area contributed by atoms with Gasteiger partial charge >= 0.3 is 0 Å². The van der Waals surface area contributed by atoms with Gasteiger partial charge in [0.1, 0.15) is 4.83 Å². The summed E-state index contributed by atoms with van der Waals surface area (Å²) < 4.78 is 2.00. The van der Waals surface area contributed by atoms with Crippen molar-refractivity contribution in [2.75, 3.05) is 0 Å². The van der Waals surface area contributed by atoms with Gasteiger partial charge in [-0.15, -0.1) is 22.7 Å². The normalized spacial score (nSPS) is 24.3. The van der Waals surface area contributed by atoms with Gasteiger partial charge in [0.05, 0.1) is 16.5 Å². The third-order valence-electron chi connectivity index (χ3n) is 4.48. The molecular formula is C14H15N3O2S2. The molecule has 2 N–H and O–H groups in total. The van der Waals surface area contributed by atoms with Gasteiger partial charge in [0, 0.05) is 23.0 Å². The van der Waals surface area contributed by atoms with E-state index >= 15 is 0 Å². The number of thiazole rings is 1. The van der Waals surface area contributed by atoms with Crippen molar-refractivity contribution >= 4 is 43.9 Å². The number of carbonyl (C=O) groups excluding carboxylic acids is 1. The molecule has 0 bridgehead atoms. The molecule has 0 spiro atoms. The van der Waals surface area contributed by atoms with Crippen LogP contribution < -0.4 is 5.32 Å². The van der Waals surface area contributed by atoms with Crippen LogP contribution in [0.2, 0.25) is 0 Å². The molecule has 2 unspecified atom stereocenters. The predicted octanol–water partition coefficient (Wildman–Crippen LogP) is 2.50. The summed E-state index contributed by atoms with van der Waals surface area (Å²) in [6, 6.07) is 1.92. The summed E-state index contributed by atoms with van der Waals surface area (Å²) in [5, 5.41) is 14.8. The Hall–Kier alpha value is -1.44. The molecule has 7 heteroatoms. The summed E-state index contributed by atoms with van der Waals surface area (Å²) in [6.07, 6.45) is 2.25. The molecule has 4 rings (SSSR count). The largest absolute Gasteiger partial charge is 0.392 e. The van der Waals surface area contributed by atoms with Gasteiger partial charge in [0.15, 0.2) is 4.96 Å². The van der Waals surface area contributed by atoms with Crippen LogP contribution in [0.4, 0.5) is 0 Å². The summed E-state index contributed by atoms with van der Waals surface area (Å²) >= 11 is 3.00. The van der Waals surface area contributed by atoms with Crippen molar-refractivity contribution in [1.29, 1.82) is 0 Å². The van der Waals surface area contributed by atoms with Gasteiger partial charge in [-0.05, 0) is 12.5 Å². The molecule has 3 heterocycles. The highest BCUT2D eigenvalue weighted by Crippen LogP contribution is 2.40. The first-order valence-electron chi connectivity index (χ1n) is 6.81. The second kappa shape index (κ2) is 4.28. The standard InChI is InChI=1S/C14H15N3O2S2/c1-14(2)9(6-10(14)18)15-11(19)8-5-7-12(21-8)16-13-17(7)3-4-20-13/h3-5,9-10,18H,6H2,1-2H3,(H,15,19). The smallest absolute Gasteiger partial charge is 0.261 e. The van der Waals surface area contributed by atoms with E-state index in [1.165, 1.54) is 11.3 Å². The highest BCUT2D eigenvalue weighted by molar-refractivity contribution is 7.21. The first kappa shape index (κ1) is 13.2. The fourth-order valence-corrected chi connectivity index (χ4v) is 4.44. The van der Waals surface area contributed by atoms with Crippen molar-refractivity contribution in [2.24, 2.45) is 5.41 Å². The number of amides is 1. The van der Waals surface area contributed by atoms with E-state index in [1.807, 2.05) is 35.9 Å². The molecule has 0 radical (unpaired) electrons. The zero-order valence-corrected chi connectivity index (χ0v) is 13.3. The molecule has 1 fully saturated rings. The molecule has 3 aromatic rings. The highest BCUT2D eigenvalue weighted by Gasteiger charge is 2.48. The maximum Gasteiger partial charge on any atom is 0.261 e. The zero-order valence-electron chi connectivity index (χ0n) is 11.7. The fraction of sp³-hybridized carbons (Fsp3) is 0.429. The number of hydrogen-bond acceptors (Lipinski definition) is 5. The van der Waals surface area contributed by atoms with E-state index in [0.717, 1.165) is 15.3 Å². The third-order valence-corrected chi connectivity index (χ3v) is 6.26. The third kappa shape index (κ3) is 1.84. The molecular weight excluding hydrogens is 306 g/mol. The number of fused-ring (bicyclic) bond motifs is 3. The quantitative estimate of drug-likeness (QED) is 0.762. The zero-order chi connectivity index (χ0) is 14.8. The van der Waals surface area contributed by atoms with Gasteiger partial charge in [0.25, 0.3) is 5.91 Å². The Labute approximate surface area is 129 Å². The molecule has 1 amide bonds. The molecule has 3 aromatic heterocycles. The number of hydrogen-bond donors (Lipinski definition) is 2. The number of nitrogens with one attached hydrogen (secondary N) is 1. The van der Waals surface area contributed by atoms with Gasteiger partial charge in [-0.2, -0.15) is 0 Å². The Balaban J connectivity index is 1.61. The number of nitrogens with zero attached hydrogens (tertiary/aromatic N) is 2. The maximum absolute atomic E-state index is 12.4. The molecule has 21 heavy (non-hydrogen) atoms. The minimum atomic E-state index is -0.338. The van der Waals surface area contributed by atoms with Gasteiger partial charge in [-0.1, -0.05) is 13.8 Å². The van der Waals surface area contributed by atoms with Crippen LogP contribution in [0.25, 0.3) is 15.3 Å². The molecule has 110 valence electrons. The lowest BCUT2D eigenvalue weighted by molar-refractivity contribution is -0.0689. The van der Waals surface area contributed by atoms with Crippen LogP contribution >= 0.6 is 22.7 Å². The van der Waals surface area contributed by atoms with Gasteiger partial charge in [-0.3, -0.25) is 9.20 Å². The second-order valence-electron chi connectivity index (χ2n) is 6.07. The number of carbonyl (C=O) groups is 1. The molecule has 2 atom stereocenters. The molecule has 1 aliphatic rings. The predicted molar refractivity (Wildman–Crippen MR) is 84.1 cm³/mol. The molecule has 0 aliphatic heterocycles. The van der Waals surface area contributed by atoms with E-state index in [9.17, 15) is 9.90 Å². The number of rotatable bonds is 2. The van der Waals surface area contributed by atoms with Crippen molar-refractivity contribution in [3.05, 3.63) is 22.5 Å². The molecule has 1 aliphatic carbocycles. The summed E-state index contributed by atoms with van der Waals surface area (Å²) in [4.78, 5) is 19.4. The number of aliphatic hydroxyl groups excluding tert-OH is 1. The minimum absolute atomic E-state index is 0.0261. The van der Waals surface area contributed by atoms with E-state index in [2.05, 4.69) is 10.3 Å². The van der Waals surface area contributed by atoms with Crippen molar-refractivity contribution in [3.8, 4) is 0 Å². The van der Waals surface area contributed by atoms with Crippen LogP contribution in [-0.4, -0.2) is 32.5 Å². The summed E-state index contributed by atoms with van der Waals surface area (Å²) in [6.45, 7) is 3.95. The van der Waals surface area contributed by atoms with Crippen molar-refractivity contribution in [3.63, 3.8) is 0 Å². The lowest BCUT2D eigenvalue weighted by atomic mass is 9.64. The maximum atomic E-state index is 12.4. The highest BCUT2D eigenvalue weighted by atomic mass is 32.1. The van der Waals surface area contributed by atoms with E-state index in [0.29, 0.717) is 11.3 Å². The van der Waals surface area contributed by atoms with Crippen LogP contribution in [0.5, 0.6) is 0 Å². The first-order chi connectivity index (χ1) is 9.96. The lowest BCUT2D eigenvalue weighted by Crippen LogP contribution is -2.61. The Morgan fingerprint density at radius 1 is 1.57 bits per heavy atom. The van der Waals surface area contributed by atoms with Gasteiger partial charge < -0.3 is 10.4 Å². The number of aromatic nitrogens is 2. The monoisotopic (exact) mass is 321 g/mol. The van der Waals surface area contributed by atoms with Crippen LogP contribution in [-0.2, 0) is 0 Å². The fourth-order valence-electron chi connectivity index (χ4n) is 2.74. The SMILES string of the molecule is CC1(C)C(O)CC1NC(=O)c1cc2c(nc3sccn32)s1. The average molecular weight is 321 g/mol. The van der Waals surface area contributed by atoms with Crippen LogP contribution in [0.15, 0.2) is 17.6 Å². The summed E-state index contributed by atoms with van der Waals surface area (Å²) in [5.41, 5.74) is 0.726. The first-order valence-corrected chi connectivity index (χ1v) is 8.50. The van der Waals surface area contributed by atoms with Crippen molar-refractivity contribution in [2.45, 2.75) is 32.4 Å². The van der Waals surface area contributed by atoms with Gasteiger partial charge in [-0.25, -0.2) is 4.98 Å². The molecule has 0 aromatic carbocycles. The van der Waals surface area contributed by atoms with E-state index in [-0.39, 0.29) is 23.5 Å². The number of aliphatic hydroxyl groups is 1. The van der Waals surface area contributed by atoms with Gasteiger partial charge in [0.2, 0.25) is 0 Å². The molecule has 0 saturated heterocycles. The summed E-state index contributed by atoms with van der Waals surface area (Å²) in [7, 11) is 0. The number of imidazole rings is 1. The van der Waals surface area contributed by atoms with Crippen molar-refractivity contribution < 1.29 is 9.90 Å².